The first-order chi connectivity index (χ1) is 10.0. The maximum Gasteiger partial charge on any atom is 0.407 e. The maximum absolute atomic E-state index is 11.5. The van der Waals surface area contributed by atoms with Crippen molar-refractivity contribution in [2.75, 3.05) is 20.8 Å². The van der Waals surface area contributed by atoms with Gasteiger partial charge in [0.1, 0.15) is 5.75 Å². The summed E-state index contributed by atoms with van der Waals surface area (Å²) in [5, 5.41) is 12.4. The summed E-state index contributed by atoms with van der Waals surface area (Å²) in [6.45, 7) is 1.83. The largest absolute Gasteiger partial charge is 0.497 e. The van der Waals surface area contributed by atoms with Crippen molar-refractivity contribution in [3.63, 3.8) is 0 Å². The molecule has 0 heterocycles. The summed E-state index contributed by atoms with van der Waals surface area (Å²) in [5.74, 6) is -0.242. The van der Waals surface area contributed by atoms with Crippen molar-refractivity contribution < 1.29 is 28.9 Å². The average Bonchev–Trinajstić information content (AvgIpc) is 2.51. The molecule has 7 heteroatoms. The molecule has 7 nitrogen and oxygen atoms in total. The number of rotatable bonds is 6. The molecule has 1 aromatic rings. The first-order valence-corrected chi connectivity index (χ1v) is 6.36. The fraction of sp³-hybridized carbons (Fsp3) is 0.429. The average molecular weight is 297 g/mol. The van der Waals surface area contributed by atoms with E-state index in [4.69, 9.17) is 9.47 Å². The molecule has 0 fully saturated rings. The van der Waals surface area contributed by atoms with Gasteiger partial charge < -0.3 is 24.6 Å². The first kappa shape index (κ1) is 16.8. The molecule has 0 radical (unpaired) electrons. The van der Waals surface area contributed by atoms with E-state index in [1.54, 1.807) is 31.2 Å². The quantitative estimate of drug-likeness (QED) is 0.761. The molecule has 0 aliphatic carbocycles. The molecule has 116 valence electrons. The number of hydrogen-bond acceptors (Lipinski definition) is 6. The number of methoxy groups -OCH3 is 2. The molecular formula is C14H19NO6. The van der Waals surface area contributed by atoms with E-state index in [1.807, 2.05) is 0 Å². The fourth-order valence-electron chi connectivity index (χ4n) is 1.71. The molecular weight excluding hydrogens is 278 g/mol. The molecule has 21 heavy (non-hydrogen) atoms. The molecule has 2 N–H and O–H groups in total. The standard InChI is InChI=1S/C14H19NO6/c1-4-21-14(18)15-11(12(16)13(17)20-3)9-5-7-10(19-2)8-6-9/h5-8,11-12,16H,4H2,1-3H3,(H,15,18)/t11-,12-/m0/s1. The van der Waals surface area contributed by atoms with Gasteiger partial charge in [0.15, 0.2) is 6.10 Å². The molecule has 0 aliphatic heterocycles. The van der Waals surface area contributed by atoms with Crippen LogP contribution in [0.25, 0.3) is 0 Å². The van der Waals surface area contributed by atoms with Crippen LogP contribution in [0.15, 0.2) is 24.3 Å². The van der Waals surface area contributed by atoms with Crippen molar-refractivity contribution in [2.24, 2.45) is 0 Å². The number of carbonyl (C=O) groups excluding carboxylic acids is 2. The lowest BCUT2D eigenvalue weighted by molar-refractivity contribution is -0.152. The van der Waals surface area contributed by atoms with Gasteiger partial charge in [-0.05, 0) is 24.6 Å². The number of ether oxygens (including phenoxy) is 3. The van der Waals surface area contributed by atoms with Crippen LogP contribution in [0.5, 0.6) is 5.75 Å². The van der Waals surface area contributed by atoms with E-state index in [9.17, 15) is 14.7 Å². The highest BCUT2D eigenvalue weighted by atomic mass is 16.6. The number of amides is 1. The van der Waals surface area contributed by atoms with Gasteiger partial charge in [-0.1, -0.05) is 12.1 Å². The summed E-state index contributed by atoms with van der Waals surface area (Å²) in [6.07, 6.45) is -2.28. The third-order valence-electron chi connectivity index (χ3n) is 2.78. The third kappa shape index (κ3) is 4.64. The van der Waals surface area contributed by atoms with E-state index in [0.29, 0.717) is 11.3 Å². The predicted octanol–water partition coefficient (Wildman–Crippen LogP) is 1.02. The van der Waals surface area contributed by atoms with Gasteiger partial charge in [0.2, 0.25) is 0 Å². The highest BCUT2D eigenvalue weighted by Crippen LogP contribution is 2.21. The van der Waals surface area contributed by atoms with Gasteiger partial charge in [-0.3, -0.25) is 0 Å². The number of benzene rings is 1. The van der Waals surface area contributed by atoms with E-state index < -0.39 is 24.2 Å². The minimum atomic E-state index is -1.55. The fourth-order valence-corrected chi connectivity index (χ4v) is 1.71. The summed E-state index contributed by atoms with van der Waals surface area (Å²) in [5.41, 5.74) is 0.516. The number of carbonyl (C=O) groups is 2. The maximum atomic E-state index is 11.5. The summed E-state index contributed by atoms with van der Waals surface area (Å²) in [6, 6.07) is 5.57. The van der Waals surface area contributed by atoms with Crippen LogP contribution in [-0.4, -0.2) is 44.1 Å². The summed E-state index contributed by atoms with van der Waals surface area (Å²) in [7, 11) is 2.67. The smallest absolute Gasteiger partial charge is 0.407 e. The molecule has 0 bridgehead atoms. The van der Waals surface area contributed by atoms with Gasteiger partial charge in [0.05, 0.1) is 26.9 Å². The molecule has 1 aromatic carbocycles. The molecule has 0 spiro atoms. The van der Waals surface area contributed by atoms with Crippen LogP contribution in [0.1, 0.15) is 18.5 Å². The van der Waals surface area contributed by atoms with Gasteiger partial charge in [0.25, 0.3) is 0 Å². The second kappa shape index (κ2) is 8.11. The molecule has 2 atom stereocenters. The van der Waals surface area contributed by atoms with Crippen LogP contribution in [-0.2, 0) is 14.3 Å². The first-order valence-electron chi connectivity index (χ1n) is 6.36. The topological polar surface area (TPSA) is 94.1 Å². The molecule has 0 aliphatic rings. The van der Waals surface area contributed by atoms with Gasteiger partial charge >= 0.3 is 12.1 Å². The Morgan fingerprint density at radius 2 is 1.86 bits per heavy atom. The van der Waals surface area contributed by atoms with Crippen molar-refractivity contribution in [1.29, 1.82) is 0 Å². The minimum Gasteiger partial charge on any atom is -0.497 e. The van der Waals surface area contributed by atoms with Crippen molar-refractivity contribution in [3.05, 3.63) is 29.8 Å². The summed E-state index contributed by atoms with van der Waals surface area (Å²) < 4.78 is 14.3. The van der Waals surface area contributed by atoms with Crippen molar-refractivity contribution in [3.8, 4) is 5.75 Å². The Balaban J connectivity index is 2.98. The number of hydrogen-bond donors (Lipinski definition) is 2. The van der Waals surface area contributed by atoms with Crippen LogP contribution in [0.2, 0.25) is 0 Å². The number of aliphatic hydroxyl groups is 1. The second-order valence-corrected chi connectivity index (χ2v) is 4.08. The lowest BCUT2D eigenvalue weighted by Crippen LogP contribution is -2.41. The molecule has 0 aromatic heterocycles. The third-order valence-corrected chi connectivity index (χ3v) is 2.78. The van der Waals surface area contributed by atoms with E-state index in [-0.39, 0.29) is 6.61 Å². The van der Waals surface area contributed by atoms with Crippen LogP contribution in [0, 0.1) is 0 Å². The van der Waals surface area contributed by atoms with E-state index in [0.717, 1.165) is 7.11 Å². The number of esters is 1. The Labute approximate surface area is 122 Å². The molecule has 0 unspecified atom stereocenters. The van der Waals surface area contributed by atoms with E-state index in [2.05, 4.69) is 10.1 Å². The zero-order valence-electron chi connectivity index (χ0n) is 12.2. The van der Waals surface area contributed by atoms with Crippen LogP contribution < -0.4 is 10.1 Å². The van der Waals surface area contributed by atoms with E-state index >= 15 is 0 Å². The van der Waals surface area contributed by atoms with Gasteiger partial charge in [-0.25, -0.2) is 9.59 Å². The van der Waals surface area contributed by atoms with Gasteiger partial charge in [-0.2, -0.15) is 0 Å². The van der Waals surface area contributed by atoms with Gasteiger partial charge in [0, 0.05) is 0 Å². The lowest BCUT2D eigenvalue weighted by Gasteiger charge is -2.22. The lowest BCUT2D eigenvalue weighted by atomic mass is 10.0. The Bertz CT molecular complexity index is 473. The van der Waals surface area contributed by atoms with Crippen molar-refractivity contribution >= 4 is 12.1 Å². The highest BCUT2D eigenvalue weighted by Gasteiger charge is 2.30. The van der Waals surface area contributed by atoms with Gasteiger partial charge in [-0.15, -0.1) is 0 Å². The number of alkyl carbamates (subject to hydrolysis) is 1. The molecule has 1 rings (SSSR count). The second-order valence-electron chi connectivity index (χ2n) is 4.08. The Hall–Kier alpha value is -2.28. The zero-order chi connectivity index (χ0) is 15.8. The predicted molar refractivity (Wildman–Crippen MR) is 73.9 cm³/mol. The number of aliphatic hydroxyl groups excluding tert-OH is 1. The molecule has 0 saturated carbocycles. The normalized spacial score (nSPS) is 13.0. The molecule has 1 amide bonds. The number of nitrogens with one attached hydrogen (secondary N) is 1. The van der Waals surface area contributed by atoms with Crippen molar-refractivity contribution in [1.82, 2.24) is 5.32 Å². The highest BCUT2D eigenvalue weighted by molar-refractivity contribution is 5.77. The van der Waals surface area contributed by atoms with Crippen LogP contribution in [0.3, 0.4) is 0 Å². The monoisotopic (exact) mass is 297 g/mol. The minimum absolute atomic E-state index is 0.176. The zero-order valence-corrected chi connectivity index (χ0v) is 12.2. The SMILES string of the molecule is CCOC(=O)N[C@@H](c1ccc(OC)cc1)[C@H](O)C(=O)OC. The Morgan fingerprint density at radius 1 is 1.24 bits per heavy atom. The van der Waals surface area contributed by atoms with Crippen molar-refractivity contribution in [2.45, 2.75) is 19.1 Å². The Morgan fingerprint density at radius 3 is 2.33 bits per heavy atom. The summed E-state index contributed by atoms with van der Waals surface area (Å²) in [4.78, 5) is 23.0. The van der Waals surface area contributed by atoms with E-state index in [1.165, 1.54) is 7.11 Å². The summed E-state index contributed by atoms with van der Waals surface area (Å²) >= 11 is 0. The van der Waals surface area contributed by atoms with Crippen LogP contribution >= 0.6 is 0 Å². The molecule has 0 saturated heterocycles. The Kier molecular flexibility index (Phi) is 6.48. The van der Waals surface area contributed by atoms with Crippen LogP contribution in [0.4, 0.5) is 4.79 Å².